The van der Waals surface area contributed by atoms with Gasteiger partial charge in [0.25, 0.3) is 0 Å². The molecule has 28 heavy (non-hydrogen) atoms. The fraction of sp³-hybridized carbons (Fsp3) is 0.400. The van der Waals surface area contributed by atoms with Crippen LogP contribution < -0.4 is 4.74 Å². The number of morpholine rings is 1. The smallest absolute Gasteiger partial charge is 0.123 e. The van der Waals surface area contributed by atoms with E-state index in [0.29, 0.717) is 25.4 Å². The predicted octanol–water partition coefficient (Wildman–Crippen LogP) is 2.48. The van der Waals surface area contributed by atoms with Crippen molar-refractivity contribution in [3.63, 3.8) is 0 Å². The second-order valence-electron chi connectivity index (χ2n) is 6.99. The summed E-state index contributed by atoms with van der Waals surface area (Å²) in [6.45, 7) is 3.72. The van der Waals surface area contributed by atoms with E-state index in [1.807, 2.05) is 30.2 Å². The molecule has 0 spiro atoms. The minimum atomic E-state index is -0.268. The van der Waals surface area contributed by atoms with Crippen molar-refractivity contribution in [2.24, 2.45) is 7.05 Å². The molecule has 1 aliphatic heterocycles. The molecule has 0 amide bonds. The molecule has 0 saturated carbocycles. The van der Waals surface area contributed by atoms with Crippen molar-refractivity contribution in [1.82, 2.24) is 24.9 Å². The standard InChI is InChI=1S/C20H24FN5O2/c1-25-12-15(11-22-25)13-26-7-9-28-20(14-26)19-10-17(23-24-19)6-8-27-18-4-2-16(21)3-5-18/h2-5,10-12,20H,6-9,13-14H2,1H3,(H,23,24). The lowest BCUT2D eigenvalue weighted by Crippen LogP contribution is -2.37. The second kappa shape index (κ2) is 8.53. The monoisotopic (exact) mass is 385 g/mol. The van der Waals surface area contributed by atoms with E-state index in [1.54, 1.807) is 12.1 Å². The third kappa shape index (κ3) is 4.76. The van der Waals surface area contributed by atoms with Gasteiger partial charge in [-0.05, 0) is 30.3 Å². The molecule has 8 heteroatoms. The highest BCUT2D eigenvalue weighted by atomic mass is 19.1. The summed E-state index contributed by atoms with van der Waals surface area (Å²) < 4.78 is 26.3. The molecule has 1 aromatic carbocycles. The van der Waals surface area contributed by atoms with E-state index in [1.165, 1.54) is 17.7 Å². The molecule has 0 aliphatic carbocycles. The van der Waals surface area contributed by atoms with Crippen LogP contribution in [0.15, 0.2) is 42.7 Å². The molecule has 4 rings (SSSR count). The number of halogens is 1. The molecule has 1 aliphatic rings. The number of aromatic nitrogens is 4. The molecule has 148 valence electrons. The minimum absolute atomic E-state index is 0.0477. The Bertz CT molecular complexity index is 892. The number of hydrogen-bond donors (Lipinski definition) is 1. The summed E-state index contributed by atoms with van der Waals surface area (Å²) in [6, 6.07) is 8.07. The highest BCUT2D eigenvalue weighted by Crippen LogP contribution is 2.22. The number of rotatable bonds is 7. The third-order valence-corrected chi connectivity index (χ3v) is 4.75. The molecule has 3 heterocycles. The second-order valence-corrected chi connectivity index (χ2v) is 6.99. The van der Waals surface area contributed by atoms with Gasteiger partial charge in [0.2, 0.25) is 0 Å². The molecule has 1 unspecified atom stereocenters. The fourth-order valence-electron chi connectivity index (χ4n) is 3.32. The first kappa shape index (κ1) is 18.6. The largest absolute Gasteiger partial charge is 0.493 e. The van der Waals surface area contributed by atoms with Crippen molar-refractivity contribution in [2.45, 2.75) is 19.1 Å². The summed E-state index contributed by atoms with van der Waals surface area (Å²) in [7, 11) is 1.93. The van der Waals surface area contributed by atoms with Crippen molar-refractivity contribution in [2.75, 3.05) is 26.3 Å². The maximum Gasteiger partial charge on any atom is 0.123 e. The molecule has 1 N–H and O–H groups in total. The number of hydrogen-bond acceptors (Lipinski definition) is 5. The van der Waals surface area contributed by atoms with Crippen LogP contribution in [-0.2, 0) is 24.8 Å². The molecule has 2 aromatic heterocycles. The quantitative estimate of drug-likeness (QED) is 0.677. The van der Waals surface area contributed by atoms with Crippen molar-refractivity contribution in [3.8, 4) is 5.75 Å². The van der Waals surface area contributed by atoms with Crippen LogP contribution in [0.1, 0.15) is 23.1 Å². The average Bonchev–Trinajstić information content (AvgIpc) is 3.33. The summed E-state index contributed by atoms with van der Waals surface area (Å²) in [5, 5.41) is 11.7. The minimum Gasteiger partial charge on any atom is -0.493 e. The topological polar surface area (TPSA) is 68.2 Å². The summed E-state index contributed by atoms with van der Waals surface area (Å²) >= 11 is 0. The molecular weight excluding hydrogens is 361 g/mol. The van der Waals surface area contributed by atoms with Crippen LogP contribution in [0.2, 0.25) is 0 Å². The van der Waals surface area contributed by atoms with Gasteiger partial charge in [-0.15, -0.1) is 0 Å². The number of aryl methyl sites for hydroxylation is 1. The van der Waals surface area contributed by atoms with Gasteiger partial charge >= 0.3 is 0 Å². The number of nitrogens with zero attached hydrogens (tertiary/aromatic N) is 4. The van der Waals surface area contributed by atoms with Crippen LogP contribution >= 0.6 is 0 Å². The first-order chi connectivity index (χ1) is 13.7. The Balaban J connectivity index is 1.28. The molecule has 0 radical (unpaired) electrons. The number of ether oxygens (including phenoxy) is 2. The molecule has 7 nitrogen and oxygen atoms in total. The zero-order chi connectivity index (χ0) is 19.3. The van der Waals surface area contributed by atoms with Crippen LogP contribution in [0.5, 0.6) is 5.75 Å². The van der Waals surface area contributed by atoms with Crippen LogP contribution in [-0.4, -0.2) is 51.2 Å². The van der Waals surface area contributed by atoms with Gasteiger partial charge in [0.15, 0.2) is 0 Å². The van der Waals surface area contributed by atoms with E-state index in [-0.39, 0.29) is 11.9 Å². The molecular formula is C20H24FN5O2. The zero-order valence-corrected chi connectivity index (χ0v) is 15.8. The van der Waals surface area contributed by atoms with E-state index in [9.17, 15) is 4.39 Å². The lowest BCUT2D eigenvalue weighted by molar-refractivity contribution is -0.0350. The summed E-state index contributed by atoms with van der Waals surface area (Å²) in [4.78, 5) is 2.36. The SMILES string of the molecule is Cn1cc(CN2CCOC(c3cc(CCOc4ccc(F)cc4)[nH]n3)C2)cn1. The van der Waals surface area contributed by atoms with Crippen molar-refractivity contribution in [1.29, 1.82) is 0 Å². The summed E-state index contributed by atoms with van der Waals surface area (Å²) in [5.41, 5.74) is 3.10. The maximum absolute atomic E-state index is 12.9. The van der Waals surface area contributed by atoms with E-state index < -0.39 is 0 Å². The van der Waals surface area contributed by atoms with Crippen molar-refractivity contribution in [3.05, 3.63) is 65.5 Å². The van der Waals surface area contributed by atoms with Gasteiger partial charge in [0.1, 0.15) is 17.7 Å². The summed E-state index contributed by atoms with van der Waals surface area (Å²) in [5.74, 6) is 0.387. The van der Waals surface area contributed by atoms with Crippen LogP contribution in [0.4, 0.5) is 4.39 Å². The van der Waals surface area contributed by atoms with E-state index in [2.05, 4.69) is 20.2 Å². The third-order valence-electron chi connectivity index (χ3n) is 4.75. The molecule has 1 atom stereocenters. The Morgan fingerprint density at radius 3 is 2.96 bits per heavy atom. The van der Waals surface area contributed by atoms with Crippen molar-refractivity contribution >= 4 is 0 Å². The van der Waals surface area contributed by atoms with E-state index >= 15 is 0 Å². The fourth-order valence-corrected chi connectivity index (χ4v) is 3.32. The van der Waals surface area contributed by atoms with Gasteiger partial charge in [0.05, 0.1) is 25.1 Å². The van der Waals surface area contributed by atoms with Gasteiger partial charge in [-0.2, -0.15) is 10.2 Å². The Morgan fingerprint density at radius 2 is 2.18 bits per heavy atom. The molecule has 3 aromatic rings. The normalized spacial score (nSPS) is 17.7. The zero-order valence-electron chi connectivity index (χ0n) is 15.8. The van der Waals surface area contributed by atoms with Crippen LogP contribution in [0.3, 0.4) is 0 Å². The van der Waals surface area contributed by atoms with Gasteiger partial charge in [-0.1, -0.05) is 0 Å². The Labute approximate surface area is 163 Å². The highest BCUT2D eigenvalue weighted by Gasteiger charge is 2.24. The van der Waals surface area contributed by atoms with Gasteiger partial charge in [-0.25, -0.2) is 4.39 Å². The van der Waals surface area contributed by atoms with Gasteiger partial charge in [0, 0.05) is 50.6 Å². The molecule has 1 fully saturated rings. The number of H-pyrrole nitrogens is 1. The van der Waals surface area contributed by atoms with Gasteiger partial charge in [-0.3, -0.25) is 14.7 Å². The van der Waals surface area contributed by atoms with Crippen LogP contribution in [0, 0.1) is 5.82 Å². The first-order valence-electron chi connectivity index (χ1n) is 9.40. The predicted molar refractivity (Wildman–Crippen MR) is 101 cm³/mol. The van der Waals surface area contributed by atoms with E-state index in [4.69, 9.17) is 9.47 Å². The summed E-state index contributed by atoms with van der Waals surface area (Å²) in [6.07, 6.45) is 4.58. The Kier molecular flexibility index (Phi) is 5.68. The Hall–Kier alpha value is -2.71. The average molecular weight is 385 g/mol. The molecule has 1 saturated heterocycles. The van der Waals surface area contributed by atoms with E-state index in [0.717, 1.165) is 31.0 Å². The van der Waals surface area contributed by atoms with Gasteiger partial charge < -0.3 is 9.47 Å². The maximum atomic E-state index is 12.9. The number of aromatic amines is 1. The number of benzene rings is 1. The van der Waals surface area contributed by atoms with Crippen molar-refractivity contribution < 1.29 is 13.9 Å². The Morgan fingerprint density at radius 1 is 1.32 bits per heavy atom. The lowest BCUT2D eigenvalue weighted by atomic mass is 10.1. The number of nitrogens with one attached hydrogen (secondary N) is 1. The first-order valence-corrected chi connectivity index (χ1v) is 9.40. The lowest BCUT2D eigenvalue weighted by Gasteiger charge is -2.31. The molecule has 0 bridgehead atoms. The van der Waals surface area contributed by atoms with Crippen LogP contribution in [0.25, 0.3) is 0 Å². The highest BCUT2D eigenvalue weighted by molar-refractivity contribution is 5.22.